The first kappa shape index (κ1) is 25.6. The highest BCUT2D eigenvalue weighted by Crippen LogP contribution is 2.34. The third-order valence-corrected chi connectivity index (χ3v) is 8.71. The summed E-state index contributed by atoms with van der Waals surface area (Å²) in [5.74, 6) is 0.478. The minimum Gasteiger partial charge on any atom is -0.497 e. The zero-order valence-corrected chi connectivity index (χ0v) is 21.1. The van der Waals surface area contributed by atoms with Crippen molar-refractivity contribution >= 4 is 27.3 Å². The fourth-order valence-electron chi connectivity index (χ4n) is 3.75. The van der Waals surface area contributed by atoms with E-state index in [0.717, 1.165) is 17.7 Å². The Hall–Kier alpha value is -2.44. The third-order valence-electron chi connectivity index (χ3n) is 5.79. The molecular weight excluding hydrogens is 492 g/mol. The largest absolute Gasteiger partial charge is 0.497 e. The molecule has 2 heterocycles. The average molecular weight is 523 g/mol. The summed E-state index contributed by atoms with van der Waals surface area (Å²) in [5.41, 5.74) is 0. The predicted molar refractivity (Wildman–Crippen MR) is 131 cm³/mol. The molecule has 9 nitrogen and oxygen atoms in total. The Morgan fingerprint density at radius 2 is 2.00 bits per heavy atom. The molecule has 1 aliphatic carbocycles. The summed E-state index contributed by atoms with van der Waals surface area (Å²) in [5, 5.41) is 14.4. The van der Waals surface area contributed by atoms with Crippen LogP contribution in [0.25, 0.3) is 0 Å². The highest BCUT2D eigenvalue weighted by Gasteiger charge is 2.32. The Bertz CT molecular complexity index is 1110. The van der Waals surface area contributed by atoms with E-state index >= 15 is 0 Å². The van der Waals surface area contributed by atoms with Crippen molar-refractivity contribution in [2.75, 3.05) is 33.4 Å². The molecule has 0 saturated heterocycles. The van der Waals surface area contributed by atoms with Crippen LogP contribution in [-0.4, -0.2) is 69.5 Å². The molecule has 1 aliphatic heterocycles. The maximum absolute atomic E-state index is 13.1. The molecule has 2 N–H and O–H groups in total. The lowest BCUT2D eigenvalue weighted by molar-refractivity contribution is -0.146. The lowest BCUT2D eigenvalue weighted by Gasteiger charge is -2.29. The number of allylic oxidation sites excluding steroid dienone is 1. The SMILES string of the molecule is COc1ccc(S(=O)(=O)N(CCO)CCO[C@H]2C[C@@H](c3cccs3)C=C(C(=O)NC3CC3)O2)cc1. The van der Waals surface area contributed by atoms with Crippen LogP contribution >= 0.6 is 11.3 Å². The van der Waals surface area contributed by atoms with Gasteiger partial charge in [0, 0.05) is 36.3 Å². The van der Waals surface area contributed by atoms with E-state index in [-0.39, 0.29) is 54.8 Å². The molecule has 1 fully saturated rings. The number of methoxy groups -OCH3 is 1. The number of hydrogen-bond acceptors (Lipinski definition) is 8. The van der Waals surface area contributed by atoms with Crippen LogP contribution in [0, 0.1) is 0 Å². The van der Waals surface area contributed by atoms with Gasteiger partial charge in [-0.15, -0.1) is 11.3 Å². The van der Waals surface area contributed by atoms with E-state index in [1.165, 1.54) is 23.5 Å². The van der Waals surface area contributed by atoms with Gasteiger partial charge in [-0.1, -0.05) is 6.07 Å². The minimum absolute atomic E-state index is 0.0196. The average Bonchev–Trinajstić information content (AvgIpc) is 3.50. The second-order valence-corrected chi connectivity index (χ2v) is 11.3. The van der Waals surface area contributed by atoms with Crippen molar-refractivity contribution in [2.24, 2.45) is 0 Å². The lowest BCUT2D eigenvalue weighted by Crippen LogP contribution is -2.38. The summed E-state index contributed by atoms with van der Waals surface area (Å²) < 4.78 is 44.2. The molecule has 0 spiro atoms. The van der Waals surface area contributed by atoms with E-state index < -0.39 is 16.3 Å². The van der Waals surface area contributed by atoms with E-state index in [2.05, 4.69) is 5.32 Å². The number of nitrogens with one attached hydrogen (secondary N) is 1. The van der Waals surface area contributed by atoms with Gasteiger partial charge in [0.2, 0.25) is 16.3 Å². The van der Waals surface area contributed by atoms with Gasteiger partial charge in [-0.25, -0.2) is 8.42 Å². The molecule has 4 rings (SSSR count). The summed E-state index contributed by atoms with van der Waals surface area (Å²) in [6, 6.07) is 10.2. The maximum Gasteiger partial charge on any atom is 0.286 e. The van der Waals surface area contributed by atoms with Crippen LogP contribution in [0.15, 0.2) is 58.5 Å². The molecule has 2 atom stereocenters. The van der Waals surface area contributed by atoms with Crippen molar-refractivity contribution in [3.63, 3.8) is 0 Å². The van der Waals surface area contributed by atoms with Gasteiger partial charge in [-0.3, -0.25) is 4.79 Å². The molecule has 190 valence electrons. The van der Waals surface area contributed by atoms with Gasteiger partial charge in [0.15, 0.2) is 5.76 Å². The van der Waals surface area contributed by atoms with E-state index in [1.807, 2.05) is 23.6 Å². The maximum atomic E-state index is 13.1. The van der Waals surface area contributed by atoms with Crippen LogP contribution in [0.2, 0.25) is 0 Å². The van der Waals surface area contributed by atoms with Crippen molar-refractivity contribution in [3.05, 3.63) is 58.5 Å². The molecule has 1 amide bonds. The van der Waals surface area contributed by atoms with Crippen LogP contribution in [0.4, 0.5) is 0 Å². The zero-order valence-electron chi connectivity index (χ0n) is 19.5. The van der Waals surface area contributed by atoms with E-state index in [1.54, 1.807) is 23.5 Å². The molecule has 0 bridgehead atoms. The van der Waals surface area contributed by atoms with Gasteiger partial charge in [0.25, 0.3) is 5.91 Å². The first-order valence-electron chi connectivity index (χ1n) is 11.5. The molecule has 1 aromatic heterocycles. The normalized spacial score (nSPS) is 20.3. The number of amides is 1. The number of carbonyl (C=O) groups excluding carboxylic acids is 1. The number of benzene rings is 1. The van der Waals surface area contributed by atoms with Gasteiger partial charge in [-0.05, 0) is 54.6 Å². The van der Waals surface area contributed by atoms with Crippen LogP contribution in [0.3, 0.4) is 0 Å². The molecule has 11 heteroatoms. The zero-order chi connectivity index (χ0) is 24.8. The molecule has 0 unspecified atom stereocenters. The van der Waals surface area contributed by atoms with Crippen LogP contribution in [0.5, 0.6) is 5.75 Å². The Kier molecular flexibility index (Phi) is 8.45. The topological polar surface area (TPSA) is 114 Å². The van der Waals surface area contributed by atoms with Gasteiger partial charge < -0.3 is 24.6 Å². The molecule has 2 aromatic rings. The molecule has 2 aliphatic rings. The number of ether oxygens (including phenoxy) is 3. The minimum atomic E-state index is -3.85. The Morgan fingerprint density at radius 3 is 2.63 bits per heavy atom. The number of aliphatic hydroxyl groups is 1. The van der Waals surface area contributed by atoms with Gasteiger partial charge >= 0.3 is 0 Å². The van der Waals surface area contributed by atoms with Crippen molar-refractivity contribution in [3.8, 4) is 5.75 Å². The Labute approximate surface area is 209 Å². The number of thiophene rings is 1. The second kappa shape index (κ2) is 11.5. The fourth-order valence-corrected chi connectivity index (χ4v) is 5.98. The quantitative estimate of drug-likeness (QED) is 0.440. The molecule has 1 saturated carbocycles. The molecule has 1 aromatic carbocycles. The lowest BCUT2D eigenvalue weighted by atomic mass is 9.99. The summed E-state index contributed by atoms with van der Waals surface area (Å²) in [6.07, 6.45) is 3.57. The smallest absolute Gasteiger partial charge is 0.286 e. The van der Waals surface area contributed by atoms with E-state index in [0.29, 0.717) is 12.2 Å². The fraction of sp³-hybridized carbons (Fsp3) is 0.458. The highest BCUT2D eigenvalue weighted by molar-refractivity contribution is 7.89. The van der Waals surface area contributed by atoms with E-state index in [4.69, 9.17) is 14.2 Å². The van der Waals surface area contributed by atoms with Crippen molar-refractivity contribution in [1.82, 2.24) is 9.62 Å². The van der Waals surface area contributed by atoms with Gasteiger partial charge in [-0.2, -0.15) is 4.31 Å². The monoisotopic (exact) mass is 522 g/mol. The number of sulfonamides is 1. The van der Waals surface area contributed by atoms with Crippen molar-refractivity contribution in [1.29, 1.82) is 0 Å². The molecule has 0 radical (unpaired) electrons. The summed E-state index contributed by atoms with van der Waals surface area (Å²) in [6.45, 7) is -0.347. The summed E-state index contributed by atoms with van der Waals surface area (Å²) in [7, 11) is -2.34. The van der Waals surface area contributed by atoms with Crippen LogP contribution < -0.4 is 10.1 Å². The van der Waals surface area contributed by atoms with Crippen molar-refractivity contribution in [2.45, 2.75) is 42.4 Å². The number of aliphatic hydroxyl groups excluding tert-OH is 1. The second-order valence-electron chi connectivity index (χ2n) is 8.36. The standard InChI is InChI=1S/C24H30N2O7S2/c1-31-19-6-8-20(9-7-19)35(29,30)26(10-12-27)11-13-32-23-16-17(22-3-2-14-34-22)15-21(33-23)24(28)25-18-4-5-18/h2-3,6-9,14-15,17-18,23,27H,4-5,10-13,16H2,1H3,(H,25,28)/t17-,23+/m0/s1. The predicted octanol–water partition coefficient (Wildman–Crippen LogP) is 2.45. The third kappa shape index (κ3) is 6.62. The molecule has 35 heavy (non-hydrogen) atoms. The Morgan fingerprint density at radius 1 is 1.23 bits per heavy atom. The molecular formula is C24H30N2O7S2. The number of nitrogens with zero attached hydrogens (tertiary/aromatic N) is 1. The van der Waals surface area contributed by atoms with Crippen LogP contribution in [0.1, 0.15) is 30.1 Å². The number of rotatable bonds is 12. The summed E-state index contributed by atoms with van der Waals surface area (Å²) in [4.78, 5) is 13.8. The van der Waals surface area contributed by atoms with Gasteiger partial charge in [0.1, 0.15) is 5.75 Å². The Balaban J connectivity index is 1.40. The first-order valence-corrected chi connectivity index (χ1v) is 13.8. The first-order chi connectivity index (χ1) is 16.9. The van der Waals surface area contributed by atoms with Crippen LogP contribution in [-0.2, 0) is 24.3 Å². The summed E-state index contributed by atoms with van der Waals surface area (Å²) >= 11 is 1.60. The highest BCUT2D eigenvalue weighted by atomic mass is 32.2. The van der Waals surface area contributed by atoms with Crippen molar-refractivity contribution < 1.29 is 32.5 Å². The number of carbonyl (C=O) groups is 1. The van der Waals surface area contributed by atoms with E-state index in [9.17, 15) is 18.3 Å². The number of hydrogen-bond donors (Lipinski definition) is 2. The van der Waals surface area contributed by atoms with Gasteiger partial charge in [0.05, 0.1) is 25.2 Å².